The van der Waals surface area contributed by atoms with Crippen LogP contribution < -0.4 is 9.47 Å². The first-order valence-electron chi connectivity index (χ1n) is 5.99. The van der Waals surface area contributed by atoms with E-state index < -0.39 is 0 Å². The average Bonchev–Trinajstić information content (AvgIpc) is 2.98. The van der Waals surface area contributed by atoms with Gasteiger partial charge in [-0.25, -0.2) is 0 Å². The third kappa shape index (κ3) is 1.10. The normalized spacial score (nSPS) is 36.4. The van der Waals surface area contributed by atoms with E-state index in [1.807, 2.05) is 12.1 Å². The Hall–Kier alpha value is -1.26. The van der Waals surface area contributed by atoms with Gasteiger partial charge in [0, 0.05) is 12.5 Å². The minimum Gasteiger partial charge on any atom is -0.454 e. The van der Waals surface area contributed by atoms with Crippen molar-refractivity contribution in [1.29, 1.82) is 0 Å². The molecule has 1 N–H and O–H groups in total. The molecule has 0 amide bonds. The number of hydrogen-bond donors (Lipinski definition) is 1. The van der Waals surface area contributed by atoms with Crippen molar-refractivity contribution >= 4 is 0 Å². The molecule has 17 heavy (non-hydrogen) atoms. The maximum absolute atomic E-state index is 9.44. The van der Waals surface area contributed by atoms with Crippen molar-refractivity contribution in [2.75, 3.05) is 13.4 Å². The Bertz CT molecular complexity index is 485. The van der Waals surface area contributed by atoms with E-state index in [9.17, 15) is 5.11 Å². The van der Waals surface area contributed by atoms with E-state index >= 15 is 0 Å². The Morgan fingerprint density at radius 3 is 2.47 bits per heavy atom. The zero-order chi connectivity index (χ0) is 11.6. The molecule has 4 rings (SSSR count). The second kappa shape index (κ2) is 3.15. The molecule has 2 bridgehead atoms. The fourth-order valence-electron chi connectivity index (χ4n) is 3.27. The first-order chi connectivity index (χ1) is 8.29. The van der Waals surface area contributed by atoms with Crippen LogP contribution in [0.2, 0.25) is 0 Å². The van der Waals surface area contributed by atoms with Crippen LogP contribution in [0.4, 0.5) is 0 Å². The molecule has 3 aliphatic rings. The lowest BCUT2D eigenvalue weighted by Crippen LogP contribution is -2.22. The van der Waals surface area contributed by atoms with E-state index in [4.69, 9.17) is 14.2 Å². The van der Waals surface area contributed by atoms with Crippen molar-refractivity contribution in [3.05, 3.63) is 23.3 Å². The summed E-state index contributed by atoms with van der Waals surface area (Å²) in [5.41, 5.74) is 2.37. The van der Waals surface area contributed by atoms with Gasteiger partial charge in [0.05, 0.1) is 12.2 Å². The molecule has 0 aromatic heterocycles. The minimum atomic E-state index is 0.0181. The third-order valence-electron chi connectivity index (χ3n) is 4.24. The summed E-state index contributed by atoms with van der Waals surface area (Å²) in [6, 6.07) is 4.04. The summed E-state index contributed by atoms with van der Waals surface area (Å²) in [6.07, 6.45) is 0.117. The maximum Gasteiger partial charge on any atom is 0.231 e. The number of hydrogen-bond acceptors (Lipinski definition) is 4. The van der Waals surface area contributed by atoms with Crippen LogP contribution in [0.1, 0.15) is 30.3 Å². The Morgan fingerprint density at radius 2 is 1.82 bits per heavy atom. The highest BCUT2D eigenvalue weighted by Crippen LogP contribution is 2.58. The Morgan fingerprint density at radius 1 is 1.18 bits per heavy atom. The van der Waals surface area contributed by atoms with Gasteiger partial charge in [0.1, 0.15) is 0 Å². The Labute approximate surface area is 99.1 Å². The second-order valence-electron chi connectivity index (χ2n) is 5.02. The van der Waals surface area contributed by atoms with Crippen LogP contribution in [0.5, 0.6) is 11.5 Å². The van der Waals surface area contributed by atoms with Crippen LogP contribution in [-0.4, -0.2) is 18.5 Å². The van der Waals surface area contributed by atoms with Crippen molar-refractivity contribution in [2.45, 2.75) is 19.1 Å². The smallest absolute Gasteiger partial charge is 0.231 e. The second-order valence-corrected chi connectivity index (χ2v) is 5.02. The van der Waals surface area contributed by atoms with Gasteiger partial charge in [0.15, 0.2) is 11.5 Å². The molecule has 4 nitrogen and oxygen atoms in total. The van der Waals surface area contributed by atoms with Gasteiger partial charge in [-0.15, -0.1) is 0 Å². The zero-order valence-electron chi connectivity index (χ0n) is 9.55. The lowest BCUT2D eigenvalue weighted by atomic mass is 9.77. The maximum atomic E-state index is 9.44. The summed E-state index contributed by atoms with van der Waals surface area (Å²) in [5.74, 6) is 2.17. The fraction of sp³-hybridized carbons (Fsp3) is 0.538. The third-order valence-corrected chi connectivity index (χ3v) is 4.24. The monoisotopic (exact) mass is 234 g/mol. The van der Waals surface area contributed by atoms with Crippen LogP contribution in [-0.2, 0) is 4.74 Å². The first-order valence-corrected chi connectivity index (χ1v) is 5.99. The lowest BCUT2D eigenvalue weighted by Gasteiger charge is -2.25. The van der Waals surface area contributed by atoms with Gasteiger partial charge >= 0.3 is 0 Å². The number of aliphatic hydroxyl groups excluding tert-OH is 1. The largest absolute Gasteiger partial charge is 0.454 e. The summed E-state index contributed by atoms with van der Waals surface area (Å²) >= 11 is 0. The fourth-order valence-corrected chi connectivity index (χ4v) is 3.27. The average molecular weight is 234 g/mol. The van der Waals surface area contributed by atoms with Crippen molar-refractivity contribution in [2.24, 2.45) is 11.8 Å². The van der Waals surface area contributed by atoms with Gasteiger partial charge in [0.25, 0.3) is 0 Å². The van der Waals surface area contributed by atoms with Crippen LogP contribution in [0.15, 0.2) is 12.1 Å². The van der Waals surface area contributed by atoms with E-state index in [1.54, 1.807) is 0 Å². The summed E-state index contributed by atoms with van der Waals surface area (Å²) < 4.78 is 16.7. The molecule has 1 unspecified atom stereocenters. The summed E-state index contributed by atoms with van der Waals surface area (Å²) in [4.78, 5) is 0. The van der Waals surface area contributed by atoms with Crippen molar-refractivity contribution in [3.63, 3.8) is 0 Å². The molecule has 90 valence electrons. The summed E-state index contributed by atoms with van der Waals surface area (Å²) in [5, 5.41) is 9.44. The molecule has 4 heteroatoms. The quantitative estimate of drug-likeness (QED) is 0.804. The molecular formula is C13H14O4. The number of aliphatic hydroxyl groups is 1. The molecule has 4 atom stereocenters. The molecule has 1 aromatic rings. The Kier molecular flexibility index (Phi) is 1.80. The topological polar surface area (TPSA) is 47.9 Å². The SMILES string of the molecule is C[C@@H]1[C@@H]2OC(c3cc4c(cc32)OCO4)[C@@H]1CO. The van der Waals surface area contributed by atoms with E-state index in [2.05, 4.69) is 6.92 Å². The standard InChI is InChI=1S/C13H14O4/c1-6-9(4-14)13-8-3-11-10(15-5-16-11)2-7(8)12(6)17-13/h2-3,6,9,12-14H,4-5H2,1H3/t6-,9+,12-,13?/m0/s1. The van der Waals surface area contributed by atoms with Crippen LogP contribution in [0.25, 0.3) is 0 Å². The molecule has 1 fully saturated rings. The highest BCUT2D eigenvalue weighted by Gasteiger charge is 2.50. The highest BCUT2D eigenvalue weighted by atomic mass is 16.7. The molecular weight excluding hydrogens is 220 g/mol. The first kappa shape index (κ1) is 9.74. The van der Waals surface area contributed by atoms with E-state index in [-0.39, 0.29) is 24.7 Å². The number of ether oxygens (including phenoxy) is 3. The van der Waals surface area contributed by atoms with Crippen LogP contribution >= 0.6 is 0 Å². The number of benzene rings is 1. The Balaban J connectivity index is 1.85. The van der Waals surface area contributed by atoms with Crippen molar-refractivity contribution in [1.82, 2.24) is 0 Å². The molecule has 3 heterocycles. The van der Waals surface area contributed by atoms with Gasteiger partial charge in [-0.05, 0) is 29.2 Å². The van der Waals surface area contributed by atoms with E-state index in [0.717, 1.165) is 17.1 Å². The zero-order valence-corrected chi connectivity index (χ0v) is 9.55. The molecule has 0 saturated carbocycles. The van der Waals surface area contributed by atoms with Gasteiger partial charge in [-0.2, -0.15) is 0 Å². The molecule has 0 radical (unpaired) electrons. The molecule has 0 spiro atoms. The van der Waals surface area contributed by atoms with Gasteiger partial charge < -0.3 is 19.3 Å². The predicted molar refractivity (Wildman–Crippen MR) is 58.9 cm³/mol. The van der Waals surface area contributed by atoms with Crippen LogP contribution in [0, 0.1) is 11.8 Å². The highest BCUT2D eigenvalue weighted by molar-refractivity contribution is 5.53. The van der Waals surface area contributed by atoms with Crippen LogP contribution in [0.3, 0.4) is 0 Å². The summed E-state index contributed by atoms with van der Waals surface area (Å²) in [7, 11) is 0. The van der Waals surface area contributed by atoms with E-state index in [0.29, 0.717) is 12.7 Å². The molecule has 1 aromatic carbocycles. The van der Waals surface area contributed by atoms with Gasteiger partial charge in [0.2, 0.25) is 6.79 Å². The van der Waals surface area contributed by atoms with E-state index in [1.165, 1.54) is 5.56 Å². The summed E-state index contributed by atoms with van der Waals surface area (Å²) in [6.45, 7) is 2.61. The molecule has 0 aliphatic carbocycles. The van der Waals surface area contributed by atoms with Crippen molar-refractivity contribution in [3.8, 4) is 11.5 Å². The van der Waals surface area contributed by atoms with Gasteiger partial charge in [-0.1, -0.05) is 6.92 Å². The molecule has 3 aliphatic heterocycles. The van der Waals surface area contributed by atoms with Crippen molar-refractivity contribution < 1.29 is 19.3 Å². The molecule has 1 saturated heterocycles. The predicted octanol–water partition coefficient (Wildman–Crippen LogP) is 1.79. The lowest BCUT2D eigenvalue weighted by molar-refractivity contribution is 0.0479. The van der Waals surface area contributed by atoms with Gasteiger partial charge in [-0.3, -0.25) is 0 Å². The minimum absolute atomic E-state index is 0.0181. The number of rotatable bonds is 1. The number of fused-ring (bicyclic) bond motifs is 6.